The monoisotopic (exact) mass is 300 g/mol. The van der Waals surface area contributed by atoms with Crippen LogP contribution in [0.25, 0.3) is 0 Å². The second-order valence-corrected chi connectivity index (χ2v) is 4.55. The molecule has 0 bridgehead atoms. The number of carbonyl (C=O) groups excluding carboxylic acids is 3. The van der Waals surface area contributed by atoms with E-state index >= 15 is 0 Å². The van der Waals surface area contributed by atoms with Crippen molar-refractivity contribution in [2.75, 3.05) is 13.1 Å². The minimum Gasteiger partial charge on any atom is -0.274 e. The van der Waals surface area contributed by atoms with Gasteiger partial charge in [-0.3, -0.25) is 30.7 Å². The second kappa shape index (κ2) is 8.55. The maximum Gasteiger partial charge on any atom is 0.236 e. The van der Waals surface area contributed by atoms with Crippen LogP contribution < -0.4 is 16.3 Å². The van der Waals surface area contributed by atoms with E-state index in [9.17, 15) is 14.4 Å². The molecule has 1 aliphatic heterocycles. The Bertz CT molecular complexity index is 363. The average Bonchev–Trinajstić information content (AvgIpc) is 2.49. The number of nitrogens with one attached hydrogen (secondary N) is 3. The van der Waals surface area contributed by atoms with Gasteiger partial charge in [0.05, 0.1) is 0 Å². The van der Waals surface area contributed by atoms with Crippen molar-refractivity contribution in [1.82, 2.24) is 31.7 Å². The number of hydrogen-bond acceptors (Lipinski definition) is 6. The van der Waals surface area contributed by atoms with Gasteiger partial charge >= 0.3 is 0 Å². The Morgan fingerprint density at radius 2 is 1.14 bits per heavy atom. The topological polar surface area (TPSA) is 97.0 Å². The third kappa shape index (κ3) is 5.29. The van der Waals surface area contributed by atoms with Gasteiger partial charge in [-0.25, -0.2) is 0 Å². The van der Waals surface area contributed by atoms with Crippen molar-refractivity contribution in [3.05, 3.63) is 0 Å². The van der Waals surface area contributed by atoms with Gasteiger partial charge in [-0.2, -0.15) is 0 Å². The highest BCUT2D eigenvalue weighted by molar-refractivity contribution is 5.76. The largest absolute Gasteiger partial charge is 0.274 e. The first-order chi connectivity index (χ1) is 10.0. The number of hydrogen-bond donors (Lipinski definition) is 3. The lowest BCUT2D eigenvalue weighted by atomic mass is 10.4. The summed E-state index contributed by atoms with van der Waals surface area (Å²) in [7, 11) is 0. The quantitative estimate of drug-likeness (QED) is 0.609. The summed E-state index contributed by atoms with van der Waals surface area (Å²) in [6.45, 7) is 6.28. The molecule has 0 aromatic carbocycles. The van der Waals surface area contributed by atoms with Gasteiger partial charge in [0, 0.05) is 32.4 Å². The minimum atomic E-state index is -0.219. The van der Waals surface area contributed by atoms with Gasteiger partial charge in [0.2, 0.25) is 17.7 Å². The van der Waals surface area contributed by atoms with Gasteiger partial charge in [0.25, 0.3) is 0 Å². The van der Waals surface area contributed by atoms with Crippen molar-refractivity contribution < 1.29 is 14.4 Å². The van der Waals surface area contributed by atoms with Crippen LogP contribution in [0.2, 0.25) is 0 Å². The smallest absolute Gasteiger partial charge is 0.236 e. The van der Waals surface area contributed by atoms with Gasteiger partial charge in [-0.1, -0.05) is 20.8 Å². The predicted octanol–water partition coefficient (Wildman–Crippen LogP) is -0.550. The normalized spacial score (nSPS) is 17.3. The summed E-state index contributed by atoms with van der Waals surface area (Å²) >= 11 is 0. The van der Waals surface area contributed by atoms with Crippen LogP contribution >= 0.6 is 0 Å². The molecule has 3 N–H and O–H groups in total. The van der Waals surface area contributed by atoms with E-state index in [0.29, 0.717) is 32.4 Å². The van der Waals surface area contributed by atoms with Crippen LogP contribution in [-0.2, 0) is 14.4 Å². The van der Waals surface area contributed by atoms with Gasteiger partial charge in [0.1, 0.15) is 0 Å². The van der Waals surface area contributed by atoms with Crippen molar-refractivity contribution in [3.8, 4) is 0 Å². The first kappa shape index (κ1) is 17.3. The molecule has 0 atom stereocenters. The van der Waals surface area contributed by atoms with Gasteiger partial charge in [-0.05, 0) is 11.6 Å². The molecule has 0 aromatic heterocycles. The molecule has 21 heavy (non-hydrogen) atoms. The second-order valence-electron chi connectivity index (χ2n) is 4.55. The van der Waals surface area contributed by atoms with Crippen molar-refractivity contribution in [3.63, 3.8) is 0 Å². The molecular formula is C12H24N6O3. The third-order valence-electron chi connectivity index (χ3n) is 2.89. The SMILES string of the molecule is CCC(=O)NN1CCCN(NC(=O)CC)N1NC(=O)CC. The minimum absolute atomic E-state index is 0.172. The summed E-state index contributed by atoms with van der Waals surface area (Å²) in [5, 5.41) is 4.31. The van der Waals surface area contributed by atoms with Crippen LogP contribution in [0.4, 0.5) is 0 Å². The Kier molecular flexibility index (Phi) is 7.06. The molecule has 0 aromatic rings. The maximum absolute atomic E-state index is 11.7. The molecule has 0 radical (unpaired) electrons. The van der Waals surface area contributed by atoms with Crippen molar-refractivity contribution in [2.24, 2.45) is 0 Å². The molecule has 9 nitrogen and oxygen atoms in total. The lowest BCUT2D eigenvalue weighted by Crippen LogP contribution is -2.72. The summed E-state index contributed by atoms with van der Waals surface area (Å²) in [6, 6.07) is 0. The lowest BCUT2D eigenvalue weighted by molar-refractivity contribution is -0.277. The summed E-state index contributed by atoms with van der Waals surface area (Å²) in [5.41, 5.74) is 8.01. The van der Waals surface area contributed by atoms with Gasteiger partial charge in [0.15, 0.2) is 0 Å². The molecule has 1 rings (SSSR count). The summed E-state index contributed by atoms with van der Waals surface area (Å²) in [5.74, 6) is -0.563. The standard InChI is InChI=1S/C12H24N6O3/c1-4-10(19)13-16-8-7-9-17(14-11(20)5-2)18(16)15-12(21)6-3/h4-9H2,1-3H3,(H,13,19)(H,14,20)(H,15,21). The zero-order chi connectivity index (χ0) is 15.8. The van der Waals surface area contributed by atoms with Crippen molar-refractivity contribution in [2.45, 2.75) is 46.5 Å². The zero-order valence-corrected chi connectivity index (χ0v) is 12.8. The Balaban J connectivity index is 2.81. The summed E-state index contributed by atoms with van der Waals surface area (Å²) < 4.78 is 0. The van der Waals surface area contributed by atoms with E-state index in [1.807, 2.05) is 0 Å². The van der Waals surface area contributed by atoms with Gasteiger partial charge in [-0.15, -0.1) is 10.2 Å². The molecule has 120 valence electrons. The molecular weight excluding hydrogens is 276 g/mol. The fraction of sp³-hybridized carbons (Fsp3) is 0.750. The van der Waals surface area contributed by atoms with E-state index in [4.69, 9.17) is 0 Å². The maximum atomic E-state index is 11.7. The van der Waals surface area contributed by atoms with Crippen LogP contribution in [0.5, 0.6) is 0 Å². The lowest BCUT2D eigenvalue weighted by Gasteiger charge is -2.44. The van der Waals surface area contributed by atoms with E-state index in [-0.39, 0.29) is 17.7 Å². The number of rotatable bonds is 6. The van der Waals surface area contributed by atoms with Crippen LogP contribution in [-0.4, -0.2) is 46.3 Å². The number of hydrazine groups is 5. The zero-order valence-electron chi connectivity index (χ0n) is 12.8. The van der Waals surface area contributed by atoms with E-state index < -0.39 is 0 Å². The van der Waals surface area contributed by atoms with Crippen molar-refractivity contribution >= 4 is 17.7 Å². The number of nitrogens with zero attached hydrogens (tertiary/aromatic N) is 3. The molecule has 0 unspecified atom stereocenters. The molecule has 3 amide bonds. The van der Waals surface area contributed by atoms with E-state index in [1.165, 1.54) is 15.5 Å². The van der Waals surface area contributed by atoms with Crippen LogP contribution in [0.3, 0.4) is 0 Å². The van der Waals surface area contributed by atoms with Gasteiger partial charge < -0.3 is 0 Å². The Hall–Kier alpha value is -1.71. The molecule has 1 aliphatic rings. The Morgan fingerprint density at radius 1 is 0.762 bits per heavy atom. The molecule has 0 aliphatic carbocycles. The number of amides is 3. The van der Waals surface area contributed by atoms with E-state index in [0.717, 1.165) is 6.42 Å². The highest BCUT2D eigenvalue weighted by Gasteiger charge is 2.30. The summed E-state index contributed by atoms with van der Waals surface area (Å²) in [4.78, 5) is 34.8. The molecule has 1 heterocycles. The van der Waals surface area contributed by atoms with Crippen molar-refractivity contribution in [1.29, 1.82) is 0 Å². The average molecular weight is 300 g/mol. The molecule has 0 saturated carbocycles. The highest BCUT2D eigenvalue weighted by Crippen LogP contribution is 2.07. The first-order valence-electron chi connectivity index (χ1n) is 7.25. The Labute approximate surface area is 124 Å². The molecule has 1 fully saturated rings. The van der Waals surface area contributed by atoms with E-state index in [2.05, 4.69) is 16.3 Å². The molecule has 0 spiro atoms. The van der Waals surface area contributed by atoms with E-state index in [1.54, 1.807) is 20.8 Å². The summed E-state index contributed by atoms with van der Waals surface area (Å²) in [6.07, 6.45) is 1.68. The van der Waals surface area contributed by atoms with Crippen LogP contribution in [0.15, 0.2) is 0 Å². The third-order valence-corrected chi connectivity index (χ3v) is 2.89. The fourth-order valence-corrected chi connectivity index (χ4v) is 1.65. The van der Waals surface area contributed by atoms with Crippen LogP contribution in [0, 0.1) is 0 Å². The first-order valence-corrected chi connectivity index (χ1v) is 7.25. The molecule has 9 heteroatoms. The predicted molar refractivity (Wildman–Crippen MR) is 75.2 cm³/mol. The van der Waals surface area contributed by atoms with Crippen LogP contribution in [0.1, 0.15) is 46.5 Å². The fourth-order valence-electron chi connectivity index (χ4n) is 1.65. The molecule has 1 saturated heterocycles. The Morgan fingerprint density at radius 3 is 1.52 bits per heavy atom. The number of carbonyl (C=O) groups is 3. The highest BCUT2D eigenvalue weighted by atomic mass is 16.2.